The predicted octanol–water partition coefficient (Wildman–Crippen LogP) is 15.4. The van der Waals surface area contributed by atoms with Crippen LogP contribution in [-0.2, 0) is 24.7 Å². The first-order chi connectivity index (χ1) is 30.7. The number of benzene rings is 7. The van der Waals surface area contributed by atoms with Crippen LogP contribution in [0, 0.1) is 0 Å². The van der Waals surface area contributed by atoms with Crippen molar-refractivity contribution in [1.82, 2.24) is 19.5 Å². The van der Waals surface area contributed by atoms with Crippen LogP contribution in [0.2, 0.25) is 0 Å². The number of rotatable bonds is 6. The van der Waals surface area contributed by atoms with Gasteiger partial charge in [0.25, 0.3) is 0 Å². The molecule has 0 aliphatic heterocycles. The molecule has 0 saturated heterocycles. The smallest absolute Gasteiger partial charge is 0.309 e. The molecule has 0 aliphatic rings. The summed E-state index contributed by atoms with van der Waals surface area (Å²) in [6, 6.07) is 35.0. The van der Waals surface area contributed by atoms with E-state index >= 15 is 0 Å². The van der Waals surface area contributed by atoms with Crippen molar-refractivity contribution in [1.29, 1.82) is 0 Å². The summed E-state index contributed by atoms with van der Waals surface area (Å²) in [5, 5.41) is 0.847. The minimum atomic E-state index is -5.20. The molecule has 0 N–H and O–H groups in total. The van der Waals surface area contributed by atoms with Crippen LogP contribution in [0.4, 0.5) is 52.7 Å². The van der Waals surface area contributed by atoms with Gasteiger partial charge in [0.15, 0.2) is 17.5 Å². The lowest BCUT2D eigenvalue weighted by Gasteiger charge is -2.18. The van der Waals surface area contributed by atoms with Crippen molar-refractivity contribution < 1.29 is 52.7 Å². The summed E-state index contributed by atoms with van der Waals surface area (Å²) in [4.78, 5) is 14.0. The SMILES string of the molecule is FC(F)(F)c1cc(-c2ccc3c(c2)c2ccccc2n3-c2ccc(-c3nc(-c4ccccc4)nc(-c4ccccc4)n3)c(-c3cc(C(F)(F)F)cc(C(F)(F)F)c3)c2)cc(C(F)(F)F)c1. The first kappa shape index (κ1) is 42.8. The van der Waals surface area contributed by atoms with E-state index in [0.29, 0.717) is 57.2 Å². The van der Waals surface area contributed by atoms with Crippen LogP contribution < -0.4 is 0 Å². The predicted molar refractivity (Wildman–Crippen MR) is 221 cm³/mol. The van der Waals surface area contributed by atoms with E-state index in [9.17, 15) is 52.7 Å². The molecule has 9 aromatic rings. The number of hydrogen-bond acceptors (Lipinski definition) is 3. The topological polar surface area (TPSA) is 43.6 Å². The second kappa shape index (κ2) is 15.6. The highest BCUT2D eigenvalue weighted by Gasteiger charge is 2.39. The Labute approximate surface area is 360 Å². The number of nitrogens with zero attached hydrogens (tertiary/aromatic N) is 4. The van der Waals surface area contributed by atoms with Gasteiger partial charge >= 0.3 is 24.7 Å². The van der Waals surface area contributed by atoms with E-state index in [1.54, 1.807) is 95.6 Å². The number of alkyl halides is 12. The number of aromatic nitrogens is 4. The summed E-state index contributed by atoms with van der Waals surface area (Å²) in [7, 11) is 0. The third kappa shape index (κ3) is 8.39. The zero-order chi connectivity index (χ0) is 46.1. The minimum absolute atomic E-state index is 0.00922. The standard InChI is InChI=1S/C49H26F12N4/c50-46(51,52)32-19-30(20-33(24-32)47(53,54)55)29-15-18-42-40(23-29)37-13-7-8-14-41(37)65(42)36-16-17-38(39(26-36)31-21-34(48(56,57)58)25-35(22-31)49(59,60)61)45-63-43(27-9-3-1-4-10-27)62-44(64-45)28-11-5-2-6-12-28/h1-26H. The van der Waals surface area contributed by atoms with Gasteiger partial charge in [0, 0.05) is 33.2 Å². The number of fused-ring (bicyclic) bond motifs is 3. The molecular formula is C49H26F12N4. The molecule has 326 valence electrons. The van der Waals surface area contributed by atoms with E-state index < -0.39 is 52.5 Å². The van der Waals surface area contributed by atoms with Crippen LogP contribution in [0.5, 0.6) is 0 Å². The van der Waals surface area contributed by atoms with Gasteiger partial charge in [0.1, 0.15) is 0 Å². The Morgan fingerprint density at radius 3 is 1.26 bits per heavy atom. The molecular weight excluding hydrogens is 873 g/mol. The first-order valence-electron chi connectivity index (χ1n) is 19.4. The normalized spacial score (nSPS) is 12.6. The lowest BCUT2D eigenvalue weighted by Crippen LogP contribution is -2.11. The summed E-state index contributed by atoms with van der Waals surface area (Å²) in [5.74, 6) is 0.230. The Morgan fingerprint density at radius 1 is 0.308 bits per heavy atom. The van der Waals surface area contributed by atoms with Crippen molar-refractivity contribution in [2.45, 2.75) is 24.7 Å². The average molecular weight is 899 g/mol. The molecule has 0 amide bonds. The molecule has 0 atom stereocenters. The highest BCUT2D eigenvalue weighted by atomic mass is 19.4. The quantitative estimate of drug-likeness (QED) is 0.156. The monoisotopic (exact) mass is 898 g/mol. The van der Waals surface area contributed by atoms with Crippen LogP contribution >= 0.6 is 0 Å². The molecule has 0 saturated carbocycles. The lowest BCUT2D eigenvalue weighted by atomic mass is 9.94. The van der Waals surface area contributed by atoms with Crippen molar-refractivity contribution in [2.24, 2.45) is 0 Å². The molecule has 16 heteroatoms. The molecule has 2 aromatic heterocycles. The summed E-state index contributed by atoms with van der Waals surface area (Å²) in [6.45, 7) is 0. The van der Waals surface area contributed by atoms with E-state index in [2.05, 4.69) is 15.0 Å². The van der Waals surface area contributed by atoms with Gasteiger partial charge in [-0.25, -0.2) is 15.0 Å². The molecule has 0 bridgehead atoms. The van der Waals surface area contributed by atoms with E-state index in [0.717, 1.165) is 0 Å². The first-order valence-corrected chi connectivity index (χ1v) is 19.4. The maximum Gasteiger partial charge on any atom is 0.416 e. The maximum absolute atomic E-state index is 14.4. The number of hydrogen-bond donors (Lipinski definition) is 0. The van der Waals surface area contributed by atoms with Crippen LogP contribution in [0.1, 0.15) is 22.3 Å². The molecule has 2 heterocycles. The molecule has 0 spiro atoms. The third-order valence-corrected chi connectivity index (χ3v) is 10.7. The Morgan fingerprint density at radius 2 is 0.754 bits per heavy atom. The highest BCUT2D eigenvalue weighted by molar-refractivity contribution is 6.10. The molecule has 0 fully saturated rings. The van der Waals surface area contributed by atoms with Gasteiger partial charge in [-0.15, -0.1) is 0 Å². The molecule has 65 heavy (non-hydrogen) atoms. The second-order valence-electron chi connectivity index (χ2n) is 14.9. The Balaban J connectivity index is 1.31. The van der Waals surface area contributed by atoms with Crippen LogP contribution in [0.25, 0.3) is 83.9 Å². The van der Waals surface area contributed by atoms with Gasteiger partial charge in [-0.3, -0.25) is 0 Å². The molecule has 7 aromatic carbocycles. The second-order valence-corrected chi connectivity index (χ2v) is 14.9. The van der Waals surface area contributed by atoms with Gasteiger partial charge in [-0.05, 0) is 95.1 Å². The van der Waals surface area contributed by atoms with Gasteiger partial charge in [0.2, 0.25) is 0 Å². The largest absolute Gasteiger partial charge is 0.416 e. The molecule has 0 radical (unpaired) electrons. The fraction of sp³-hybridized carbons (Fsp3) is 0.0816. The van der Waals surface area contributed by atoms with E-state index in [-0.39, 0.29) is 57.5 Å². The fourth-order valence-corrected chi connectivity index (χ4v) is 7.70. The minimum Gasteiger partial charge on any atom is -0.309 e. The highest BCUT2D eigenvalue weighted by Crippen LogP contribution is 2.44. The van der Waals surface area contributed by atoms with Crippen molar-refractivity contribution in [3.05, 3.63) is 180 Å². The van der Waals surface area contributed by atoms with Crippen molar-refractivity contribution >= 4 is 21.8 Å². The van der Waals surface area contributed by atoms with Crippen LogP contribution in [0.15, 0.2) is 158 Å². The van der Waals surface area contributed by atoms with Gasteiger partial charge in [-0.2, -0.15) is 52.7 Å². The summed E-state index contributed by atoms with van der Waals surface area (Å²) in [5.41, 5.74) is -5.03. The Bertz CT molecular complexity index is 3140. The zero-order valence-corrected chi connectivity index (χ0v) is 32.8. The average Bonchev–Trinajstić information content (AvgIpc) is 3.61. The maximum atomic E-state index is 14.4. The molecule has 4 nitrogen and oxygen atoms in total. The van der Waals surface area contributed by atoms with E-state index in [1.165, 1.54) is 30.3 Å². The Hall–Kier alpha value is -7.49. The van der Waals surface area contributed by atoms with Crippen LogP contribution in [0.3, 0.4) is 0 Å². The van der Waals surface area contributed by atoms with Crippen molar-refractivity contribution in [3.8, 4) is 62.1 Å². The number of para-hydroxylation sites is 1. The fourth-order valence-electron chi connectivity index (χ4n) is 7.70. The summed E-state index contributed by atoms with van der Waals surface area (Å²) < 4.78 is 171. The third-order valence-electron chi connectivity index (χ3n) is 10.7. The summed E-state index contributed by atoms with van der Waals surface area (Å²) >= 11 is 0. The van der Waals surface area contributed by atoms with E-state index in [1.807, 2.05) is 0 Å². The van der Waals surface area contributed by atoms with Crippen LogP contribution in [-0.4, -0.2) is 19.5 Å². The molecule has 0 unspecified atom stereocenters. The van der Waals surface area contributed by atoms with E-state index in [4.69, 9.17) is 0 Å². The lowest BCUT2D eigenvalue weighted by molar-refractivity contribution is -0.144. The molecule has 9 rings (SSSR count). The molecule has 0 aliphatic carbocycles. The number of halogens is 12. The summed E-state index contributed by atoms with van der Waals surface area (Å²) in [6.07, 6.45) is -20.6. The van der Waals surface area contributed by atoms with Gasteiger partial charge in [-0.1, -0.05) is 84.9 Å². The van der Waals surface area contributed by atoms with Crippen molar-refractivity contribution in [2.75, 3.05) is 0 Å². The van der Waals surface area contributed by atoms with Gasteiger partial charge < -0.3 is 4.57 Å². The van der Waals surface area contributed by atoms with Gasteiger partial charge in [0.05, 0.1) is 33.3 Å². The zero-order valence-electron chi connectivity index (χ0n) is 32.8. The van der Waals surface area contributed by atoms with Crippen molar-refractivity contribution in [3.63, 3.8) is 0 Å². The Kier molecular flexibility index (Phi) is 10.3.